The zero-order chi connectivity index (χ0) is 18.6. The average Bonchev–Trinajstić information content (AvgIpc) is 2.89. The Hall–Kier alpha value is -1.70. The van der Waals surface area contributed by atoms with Gasteiger partial charge in [-0.25, -0.2) is 4.79 Å². The van der Waals surface area contributed by atoms with Gasteiger partial charge in [0.1, 0.15) is 6.10 Å². The summed E-state index contributed by atoms with van der Waals surface area (Å²) in [5.41, 5.74) is 0. The van der Waals surface area contributed by atoms with Gasteiger partial charge in [0.15, 0.2) is 11.9 Å². The number of rotatable bonds is 7. The first kappa shape index (κ1) is 19.6. The Labute approximate surface area is 147 Å². The molecule has 0 N–H and O–H groups in total. The molecule has 1 saturated carbocycles. The Kier molecular flexibility index (Phi) is 6.37. The van der Waals surface area contributed by atoms with Gasteiger partial charge in [0, 0.05) is 19.1 Å². The minimum atomic E-state index is -0.833. The van der Waals surface area contributed by atoms with E-state index in [1.54, 1.807) is 21.0 Å². The summed E-state index contributed by atoms with van der Waals surface area (Å²) in [6.45, 7) is 10.7. The van der Waals surface area contributed by atoms with E-state index in [0.717, 1.165) is 6.08 Å². The van der Waals surface area contributed by atoms with Gasteiger partial charge in [0.05, 0.1) is 25.2 Å². The normalized spacial score (nSPS) is 33.2. The molecule has 0 unspecified atom stereocenters. The van der Waals surface area contributed by atoms with Gasteiger partial charge in [-0.3, -0.25) is 4.79 Å². The molecule has 0 aromatic rings. The van der Waals surface area contributed by atoms with Crippen LogP contribution in [0.5, 0.6) is 0 Å². The van der Waals surface area contributed by atoms with Crippen molar-refractivity contribution in [3.05, 3.63) is 25.3 Å². The van der Waals surface area contributed by atoms with Crippen molar-refractivity contribution in [3.8, 4) is 0 Å². The first-order valence-electron chi connectivity index (χ1n) is 8.29. The van der Waals surface area contributed by atoms with Crippen LogP contribution in [0.1, 0.15) is 26.7 Å². The maximum atomic E-state index is 11.7. The molecule has 0 bridgehead atoms. The summed E-state index contributed by atoms with van der Waals surface area (Å²) in [6.07, 6.45) is 1.35. The minimum absolute atomic E-state index is 0.135. The topological polar surface area (TPSA) is 80.3 Å². The second-order valence-electron chi connectivity index (χ2n) is 6.62. The number of fused-ring (bicyclic) bond motifs is 1. The summed E-state index contributed by atoms with van der Waals surface area (Å²) < 4.78 is 28.2. The predicted octanol–water partition coefficient (Wildman–Crippen LogP) is 1.76. The highest BCUT2D eigenvalue weighted by molar-refractivity contribution is 5.81. The molecule has 140 valence electrons. The quantitative estimate of drug-likeness (QED) is 0.391. The van der Waals surface area contributed by atoms with Crippen molar-refractivity contribution in [2.75, 3.05) is 13.7 Å². The van der Waals surface area contributed by atoms with Crippen LogP contribution in [0.4, 0.5) is 0 Å². The maximum absolute atomic E-state index is 11.7. The molecular formula is C18H26O7. The molecule has 1 saturated heterocycles. The number of esters is 2. The third-order valence-corrected chi connectivity index (χ3v) is 4.34. The largest absolute Gasteiger partial charge is 0.465 e. The van der Waals surface area contributed by atoms with Crippen LogP contribution in [0.15, 0.2) is 25.3 Å². The van der Waals surface area contributed by atoms with Crippen LogP contribution >= 0.6 is 0 Å². The molecule has 1 aliphatic heterocycles. The summed E-state index contributed by atoms with van der Waals surface area (Å²) in [7, 11) is 1.54. The van der Waals surface area contributed by atoms with Crippen molar-refractivity contribution < 1.29 is 33.3 Å². The van der Waals surface area contributed by atoms with Crippen LogP contribution in [0, 0.1) is 5.92 Å². The summed E-state index contributed by atoms with van der Waals surface area (Å²) in [6, 6.07) is 0. The Morgan fingerprint density at radius 1 is 1.24 bits per heavy atom. The second-order valence-corrected chi connectivity index (χ2v) is 6.62. The van der Waals surface area contributed by atoms with E-state index < -0.39 is 30.1 Å². The molecule has 2 rings (SSSR count). The molecule has 0 amide bonds. The van der Waals surface area contributed by atoms with Crippen LogP contribution in [0.25, 0.3) is 0 Å². The lowest BCUT2D eigenvalue weighted by atomic mass is 9.81. The molecule has 1 aliphatic carbocycles. The Bertz CT molecular complexity index is 528. The van der Waals surface area contributed by atoms with E-state index in [4.69, 9.17) is 23.7 Å². The fourth-order valence-electron chi connectivity index (χ4n) is 3.31. The number of carbonyl (C=O) groups is 2. The van der Waals surface area contributed by atoms with E-state index in [-0.39, 0.29) is 31.0 Å². The molecule has 0 radical (unpaired) electrons. The molecule has 25 heavy (non-hydrogen) atoms. The van der Waals surface area contributed by atoms with Crippen LogP contribution in [0.3, 0.4) is 0 Å². The van der Waals surface area contributed by atoms with Gasteiger partial charge in [0.2, 0.25) is 0 Å². The minimum Gasteiger partial charge on any atom is -0.465 e. The van der Waals surface area contributed by atoms with Crippen LogP contribution in [-0.4, -0.2) is 55.9 Å². The fourth-order valence-corrected chi connectivity index (χ4v) is 3.31. The lowest BCUT2D eigenvalue weighted by Crippen LogP contribution is -2.55. The smallest absolute Gasteiger partial charge is 0.330 e. The highest BCUT2D eigenvalue weighted by atomic mass is 16.8. The monoisotopic (exact) mass is 354 g/mol. The van der Waals surface area contributed by atoms with Gasteiger partial charge >= 0.3 is 11.9 Å². The van der Waals surface area contributed by atoms with Gasteiger partial charge in [-0.1, -0.05) is 12.7 Å². The molecule has 0 spiro atoms. The van der Waals surface area contributed by atoms with Crippen LogP contribution < -0.4 is 0 Å². The van der Waals surface area contributed by atoms with E-state index in [9.17, 15) is 9.59 Å². The highest BCUT2D eigenvalue weighted by Gasteiger charge is 2.56. The molecule has 7 nitrogen and oxygen atoms in total. The van der Waals surface area contributed by atoms with Crippen molar-refractivity contribution in [2.45, 2.75) is 56.9 Å². The summed E-state index contributed by atoms with van der Waals surface area (Å²) in [4.78, 5) is 23.3. The number of hydrogen-bond donors (Lipinski definition) is 0. The summed E-state index contributed by atoms with van der Waals surface area (Å²) in [5, 5.41) is 0. The van der Waals surface area contributed by atoms with E-state index in [2.05, 4.69) is 13.2 Å². The molecule has 2 fully saturated rings. The van der Waals surface area contributed by atoms with Crippen molar-refractivity contribution in [1.29, 1.82) is 0 Å². The number of hydrogen-bond acceptors (Lipinski definition) is 7. The van der Waals surface area contributed by atoms with Gasteiger partial charge < -0.3 is 23.7 Å². The third-order valence-electron chi connectivity index (χ3n) is 4.34. The zero-order valence-corrected chi connectivity index (χ0v) is 14.9. The third kappa shape index (κ3) is 4.68. The SMILES string of the molecule is C=CCC(=O)OC[C@H]1C[C@H](OC)[C@H](OC(=O)C=C)[C@H]2OC(C)(C)O[C@@H]12. The van der Waals surface area contributed by atoms with Crippen molar-refractivity contribution in [1.82, 2.24) is 0 Å². The molecule has 2 aliphatic rings. The van der Waals surface area contributed by atoms with E-state index in [1.165, 1.54) is 6.08 Å². The Morgan fingerprint density at radius 2 is 1.92 bits per heavy atom. The standard InChI is InChI=1S/C18H26O7/c1-6-8-14(20)22-10-11-9-12(21-5)16(23-13(19)7-2)17-15(11)24-18(3,4)25-17/h6-7,11-12,15-17H,1-2,8-10H2,3-5H3/t11-,12+,15+,16+,17+/m1/s1. The van der Waals surface area contributed by atoms with Crippen molar-refractivity contribution in [2.24, 2.45) is 5.92 Å². The highest BCUT2D eigenvalue weighted by Crippen LogP contribution is 2.42. The van der Waals surface area contributed by atoms with Crippen LogP contribution in [-0.2, 0) is 33.3 Å². The average molecular weight is 354 g/mol. The molecule has 0 aromatic heterocycles. The van der Waals surface area contributed by atoms with E-state index >= 15 is 0 Å². The zero-order valence-electron chi connectivity index (χ0n) is 14.9. The molecular weight excluding hydrogens is 328 g/mol. The molecule has 7 heteroatoms. The Morgan fingerprint density at radius 3 is 2.52 bits per heavy atom. The lowest BCUT2D eigenvalue weighted by Gasteiger charge is -2.40. The number of carbonyl (C=O) groups excluding carboxylic acids is 2. The lowest BCUT2D eigenvalue weighted by molar-refractivity contribution is -0.183. The van der Waals surface area contributed by atoms with Gasteiger partial charge in [-0.2, -0.15) is 0 Å². The number of ether oxygens (including phenoxy) is 5. The van der Waals surface area contributed by atoms with Crippen molar-refractivity contribution in [3.63, 3.8) is 0 Å². The molecule has 5 atom stereocenters. The molecule has 1 heterocycles. The van der Waals surface area contributed by atoms with Gasteiger partial charge in [0.25, 0.3) is 0 Å². The summed E-state index contributed by atoms with van der Waals surface area (Å²) >= 11 is 0. The molecule has 0 aromatic carbocycles. The maximum Gasteiger partial charge on any atom is 0.330 e. The second kappa shape index (κ2) is 8.12. The van der Waals surface area contributed by atoms with Crippen LogP contribution in [0.2, 0.25) is 0 Å². The fraction of sp³-hybridized carbons (Fsp3) is 0.667. The van der Waals surface area contributed by atoms with Crippen molar-refractivity contribution >= 4 is 11.9 Å². The van der Waals surface area contributed by atoms with Gasteiger partial charge in [-0.15, -0.1) is 6.58 Å². The first-order valence-corrected chi connectivity index (χ1v) is 8.29. The first-order chi connectivity index (χ1) is 11.8. The number of methoxy groups -OCH3 is 1. The van der Waals surface area contributed by atoms with Gasteiger partial charge in [-0.05, 0) is 20.3 Å². The van der Waals surface area contributed by atoms with E-state index in [0.29, 0.717) is 6.42 Å². The predicted molar refractivity (Wildman–Crippen MR) is 88.6 cm³/mol. The summed E-state index contributed by atoms with van der Waals surface area (Å²) in [5.74, 6) is -1.86. The van der Waals surface area contributed by atoms with E-state index in [1.807, 2.05) is 0 Å². The Balaban J connectivity index is 2.16.